The Morgan fingerprint density at radius 1 is 1.47 bits per heavy atom. The van der Waals surface area contributed by atoms with Gasteiger partial charge < -0.3 is 14.5 Å². The van der Waals surface area contributed by atoms with Crippen LogP contribution in [0.15, 0.2) is 29.6 Å². The van der Waals surface area contributed by atoms with Crippen LogP contribution in [-0.2, 0) is 4.74 Å². The predicted octanol–water partition coefficient (Wildman–Crippen LogP) is 2.05. The average Bonchev–Trinajstić information content (AvgIpc) is 2.69. The molecule has 1 rings (SSSR count). The zero-order valence-corrected chi connectivity index (χ0v) is 10.0. The zero-order valence-electron chi connectivity index (χ0n) is 10.0. The number of hydrogen-bond donors (Lipinski definition) is 0. The van der Waals surface area contributed by atoms with Gasteiger partial charge >= 0.3 is 0 Å². The van der Waals surface area contributed by atoms with Gasteiger partial charge in [-0.3, -0.25) is 0 Å². The third-order valence-electron chi connectivity index (χ3n) is 2.42. The van der Waals surface area contributed by atoms with Gasteiger partial charge in [0.25, 0.3) is 0 Å². The summed E-state index contributed by atoms with van der Waals surface area (Å²) in [6.45, 7) is 1.22. The Balaban J connectivity index is 2.49. The summed E-state index contributed by atoms with van der Waals surface area (Å²) in [6.07, 6.45) is 13.0. The first-order chi connectivity index (χ1) is 8.33. The van der Waals surface area contributed by atoms with Gasteiger partial charge in [-0.1, -0.05) is 0 Å². The summed E-state index contributed by atoms with van der Waals surface area (Å²) in [5.41, 5.74) is 0. The van der Waals surface area contributed by atoms with Gasteiger partial charge in [-0.2, -0.15) is 0 Å². The maximum Gasteiger partial charge on any atom is 0.136 e. The van der Waals surface area contributed by atoms with Crippen molar-refractivity contribution in [1.82, 2.24) is 9.80 Å². The van der Waals surface area contributed by atoms with Crippen LogP contribution in [0.2, 0.25) is 0 Å². The van der Waals surface area contributed by atoms with E-state index in [4.69, 9.17) is 11.2 Å². The topological polar surface area (TPSA) is 45.1 Å². The van der Waals surface area contributed by atoms with Crippen molar-refractivity contribution >= 4 is 0 Å². The van der Waals surface area contributed by atoms with Crippen LogP contribution in [0.4, 0.5) is 0 Å². The number of nitrogens with zero attached hydrogens (tertiary/aromatic N) is 3. The Bertz CT molecular complexity index is 344. The molecule has 0 N–H and O–H groups in total. The van der Waals surface area contributed by atoms with Crippen molar-refractivity contribution < 1.29 is 4.74 Å². The van der Waals surface area contributed by atoms with Crippen molar-refractivity contribution in [2.45, 2.75) is 19.3 Å². The van der Waals surface area contributed by atoms with Gasteiger partial charge in [-0.15, -0.1) is 17.3 Å². The molecule has 0 bridgehead atoms. The molecule has 0 saturated heterocycles. The molecular weight excluding hydrogens is 218 g/mol. The number of nitroso groups, excluding NO2 is 1. The number of unbranched alkanes of at least 4 members (excludes halogenated alkanes) is 2. The van der Waals surface area contributed by atoms with Crippen molar-refractivity contribution in [3.63, 3.8) is 0 Å². The second-order valence-electron chi connectivity index (χ2n) is 3.63. The third-order valence-corrected chi connectivity index (χ3v) is 2.42. The summed E-state index contributed by atoms with van der Waals surface area (Å²) < 4.78 is 5.03. The third kappa shape index (κ3) is 3.93. The fourth-order valence-corrected chi connectivity index (χ4v) is 1.62. The highest BCUT2D eigenvalue weighted by molar-refractivity contribution is 5.13. The molecule has 5 nitrogen and oxygen atoms in total. The lowest BCUT2D eigenvalue weighted by Crippen LogP contribution is -2.25. The second kappa shape index (κ2) is 7.47. The minimum absolute atomic E-state index is 0.401. The summed E-state index contributed by atoms with van der Waals surface area (Å²) in [6, 6.07) is 0. The largest absolute Gasteiger partial charge is 0.364 e. The van der Waals surface area contributed by atoms with Crippen molar-refractivity contribution in [1.29, 1.82) is 0 Å². The molecule has 0 aliphatic carbocycles. The molecule has 0 aromatic carbocycles. The molecule has 1 aliphatic heterocycles. The lowest BCUT2D eigenvalue weighted by atomic mass is 10.2. The minimum atomic E-state index is 0.401. The fraction of sp³-hybridized carbons (Fsp3) is 0.500. The van der Waals surface area contributed by atoms with Crippen LogP contribution in [0.5, 0.6) is 0 Å². The molecule has 1 heterocycles. The highest BCUT2D eigenvalue weighted by Crippen LogP contribution is 2.20. The number of hydrogen-bond acceptors (Lipinski definition) is 5. The summed E-state index contributed by atoms with van der Waals surface area (Å²) in [4.78, 5) is 14.1. The number of ether oxygens (including phenoxy) is 1. The van der Waals surface area contributed by atoms with E-state index >= 15 is 0 Å². The average molecular weight is 235 g/mol. The maximum absolute atomic E-state index is 10.4. The molecule has 0 aromatic heterocycles. The Morgan fingerprint density at radius 2 is 2.24 bits per heavy atom. The van der Waals surface area contributed by atoms with Crippen LogP contribution in [0.25, 0.3) is 0 Å². The Hall–Kier alpha value is -1.80. The van der Waals surface area contributed by atoms with Crippen molar-refractivity contribution in [2.75, 3.05) is 20.4 Å². The summed E-state index contributed by atoms with van der Waals surface area (Å²) in [5.74, 6) is 3.35. The van der Waals surface area contributed by atoms with E-state index < -0.39 is 0 Å². The summed E-state index contributed by atoms with van der Waals surface area (Å²) >= 11 is 0. The molecule has 0 atom stereocenters. The van der Waals surface area contributed by atoms with Gasteiger partial charge in [0, 0.05) is 32.5 Å². The first kappa shape index (κ1) is 13.3. The van der Waals surface area contributed by atoms with E-state index in [2.05, 4.69) is 11.1 Å². The molecule has 0 fully saturated rings. The Morgan fingerprint density at radius 3 is 2.88 bits per heavy atom. The molecule has 17 heavy (non-hydrogen) atoms. The Labute approximate surface area is 102 Å². The van der Waals surface area contributed by atoms with Gasteiger partial charge in [0.05, 0.1) is 0 Å². The van der Waals surface area contributed by atoms with Crippen LogP contribution < -0.4 is 0 Å². The highest BCUT2D eigenvalue weighted by atomic mass is 16.5. The molecular formula is C12H17N3O2. The normalized spacial score (nSPS) is 16.6. The summed E-state index contributed by atoms with van der Waals surface area (Å²) in [7, 11) is 1.61. The van der Waals surface area contributed by atoms with E-state index in [9.17, 15) is 4.91 Å². The number of terminal acetylenes is 1. The molecule has 5 heteroatoms. The predicted molar refractivity (Wildman–Crippen MR) is 66.1 cm³/mol. The molecule has 0 aromatic rings. The van der Waals surface area contributed by atoms with E-state index in [1.165, 1.54) is 6.20 Å². The Kier molecular flexibility index (Phi) is 5.83. The lowest BCUT2D eigenvalue weighted by molar-refractivity contribution is 0.108. The van der Waals surface area contributed by atoms with E-state index in [1.807, 2.05) is 22.2 Å². The van der Waals surface area contributed by atoms with Crippen LogP contribution in [0, 0.1) is 17.3 Å². The smallest absolute Gasteiger partial charge is 0.136 e. The van der Waals surface area contributed by atoms with E-state index in [0.29, 0.717) is 6.73 Å². The molecule has 92 valence electrons. The van der Waals surface area contributed by atoms with Gasteiger partial charge in [0.15, 0.2) is 0 Å². The van der Waals surface area contributed by atoms with Crippen molar-refractivity contribution in [3.05, 3.63) is 29.3 Å². The molecule has 0 saturated carbocycles. The lowest BCUT2D eigenvalue weighted by Gasteiger charge is -2.23. The highest BCUT2D eigenvalue weighted by Gasteiger charge is 2.19. The first-order valence-electron chi connectivity index (χ1n) is 5.50. The van der Waals surface area contributed by atoms with Gasteiger partial charge in [-0.05, 0) is 18.0 Å². The molecule has 0 unspecified atom stereocenters. The molecule has 0 spiro atoms. The van der Waals surface area contributed by atoms with Crippen molar-refractivity contribution in [2.24, 2.45) is 5.18 Å². The van der Waals surface area contributed by atoms with E-state index in [-0.39, 0.29) is 0 Å². The van der Waals surface area contributed by atoms with Crippen LogP contribution in [0.3, 0.4) is 0 Å². The number of rotatable bonds is 7. The van der Waals surface area contributed by atoms with Gasteiger partial charge in [-0.25, -0.2) is 0 Å². The zero-order chi connectivity index (χ0) is 12.5. The molecule has 0 amide bonds. The fourth-order valence-electron chi connectivity index (χ4n) is 1.62. The quantitative estimate of drug-likeness (QED) is 0.385. The second-order valence-corrected chi connectivity index (χ2v) is 3.63. The monoisotopic (exact) mass is 235 g/mol. The number of methoxy groups -OCH3 is 1. The standard InChI is InChI=1S/C12H17N3O2/c1-3-4-5-6-7-14-8-9-15(11-17-2)12(14)10-13-16/h1,8-10H,4-7,11H2,2H3/b12-10+. The van der Waals surface area contributed by atoms with Crippen molar-refractivity contribution in [3.8, 4) is 12.3 Å². The van der Waals surface area contributed by atoms with E-state index in [1.54, 1.807) is 7.11 Å². The maximum atomic E-state index is 10.4. The SMILES string of the molecule is C#CCCCCN1C=CN(COC)/C1=C/N=O. The first-order valence-corrected chi connectivity index (χ1v) is 5.50. The van der Waals surface area contributed by atoms with Gasteiger partial charge in [0.1, 0.15) is 18.8 Å². The molecule has 0 radical (unpaired) electrons. The van der Waals surface area contributed by atoms with Gasteiger partial charge in [0.2, 0.25) is 0 Å². The van der Waals surface area contributed by atoms with Crippen LogP contribution in [0.1, 0.15) is 19.3 Å². The molecule has 1 aliphatic rings. The van der Waals surface area contributed by atoms with Crippen LogP contribution in [-0.4, -0.2) is 30.2 Å². The minimum Gasteiger partial charge on any atom is -0.364 e. The summed E-state index contributed by atoms with van der Waals surface area (Å²) in [5, 5.41) is 2.82. The van der Waals surface area contributed by atoms with E-state index in [0.717, 1.165) is 31.6 Å². The van der Waals surface area contributed by atoms with Crippen LogP contribution >= 0.6 is 0 Å².